The summed E-state index contributed by atoms with van der Waals surface area (Å²) in [5, 5.41) is 6.95. The summed E-state index contributed by atoms with van der Waals surface area (Å²) in [6, 6.07) is 5.45. The number of hydrogen-bond donors (Lipinski definition) is 2. The highest BCUT2D eigenvalue weighted by Crippen LogP contribution is 2.33. The lowest BCUT2D eigenvalue weighted by atomic mass is 10.2. The summed E-state index contributed by atoms with van der Waals surface area (Å²) in [6.07, 6.45) is 0.898. The molecule has 0 saturated carbocycles. The van der Waals surface area contributed by atoms with Gasteiger partial charge in [-0.05, 0) is 24.6 Å². The van der Waals surface area contributed by atoms with Gasteiger partial charge in [0, 0.05) is 30.7 Å². The van der Waals surface area contributed by atoms with E-state index in [1.807, 2.05) is 18.2 Å². The van der Waals surface area contributed by atoms with Gasteiger partial charge in [-0.25, -0.2) is 0 Å². The number of methoxy groups -OCH3 is 1. The monoisotopic (exact) mass is 339 g/mol. The summed E-state index contributed by atoms with van der Waals surface area (Å²) >= 11 is 6.10. The minimum atomic E-state index is -0.251. The molecule has 2 atom stereocenters. The lowest BCUT2D eigenvalue weighted by Crippen LogP contribution is -2.53. The zero-order valence-electron chi connectivity index (χ0n) is 13.2. The van der Waals surface area contributed by atoms with Gasteiger partial charge < -0.3 is 25.0 Å². The predicted molar refractivity (Wildman–Crippen MR) is 89.4 cm³/mol. The molecule has 23 heavy (non-hydrogen) atoms. The van der Waals surface area contributed by atoms with Crippen molar-refractivity contribution in [2.24, 2.45) is 0 Å². The Morgan fingerprint density at radius 3 is 3.13 bits per heavy atom. The Morgan fingerprint density at radius 2 is 2.39 bits per heavy atom. The molecular formula is C16H22ClN3O3. The summed E-state index contributed by atoms with van der Waals surface area (Å²) in [4.78, 5) is 14.5. The molecule has 2 aliphatic heterocycles. The molecule has 3 rings (SSSR count). The molecule has 2 aliphatic rings. The first kappa shape index (κ1) is 16.4. The average Bonchev–Trinajstić information content (AvgIpc) is 3.04. The Hall–Kier alpha value is -1.50. The van der Waals surface area contributed by atoms with Gasteiger partial charge in [-0.15, -0.1) is 0 Å². The van der Waals surface area contributed by atoms with Crippen LogP contribution in [0.1, 0.15) is 6.42 Å². The molecule has 2 saturated heterocycles. The van der Waals surface area contributed by atoms with Gasteiger partial charge in [0.15, 0.2) is 0 Å². The van der Waals surface area contributed by atoms with Gasteiger partial charge in [0.1, 0.15) is 11.8 Å². The first-order valence-electron chi connectivity index (χ1n) is 7.87. The number of amides is 1. The van der Waals surface area contributed by atoms with E-state index in [1.165, 1.54) is 0 Å². The highest BCUT2D eigenvalue weighted by atomic mass is 35.5. The Balaban J connectivity index is 1.60. The van der Waals surface area contributed by atoms with Crippen molar-refractivity contribution >= 4 is 23.2 Å². The second-order valence-corrected chi connectivity index (χ2v) is 6.27. The van der Waals surface area contributed by atoms with Crippen LogP contribution in [-0.2, 0) is 9.53 Å². The van der Waals surface area contributed by atoms with E-state index in [1.54, 1.807) is 7.11 Å². The van der Waals surface area contributed by atoms with Crippen LogP contribution in [0.3, 0.4) is 0 Å². The van der Waals surface area contributed by atoms with Gasteiger partial charge in [0.2, 0.25) is 5.91 Å². The van der Waals surface area contributed by atoms with Gasteiger partial charge in [0.05, 0.1) is 26.0 Å². The van der Waals surface area contributed by atoms with Crippen LogP contribution in [0.25, 0.3) is 0 Å². The van der Waals surface area contributed by atoms with Crippen LogP contribution in [0.4, 0.5) is 5.69 Å². The fourth-order valence-corrected chi connectivity index (χ4v) is 3.21. The lowest BCUT2D eigenvalue weighted by molar-refractivity contribution is -0.126. The number of benzene rings is 1. The fraction of sp³-hybridized carbons (Fsp3) is 0.562. The van der Waals surface area contributed by atoms with E-state index in [2.05, 4.69) is 15.5 Å². The quantitative estimate of drug-likeness (QED) is 0.858. The van der Waals surface area contributed by atoms with Crippen LogP contribution in [0.5, 0.6) is 5.75 Å². The number of rotatable bonds is 4. The van der Waals surface area contributed by atoms with E-state index in [-0.39, 0.29) is 18.0 Å². The number of carbonyl (C=O) groups excluding carboxylic acids is 1. The number of carbonyl (C=O) groups is 1. The number of anilines is 1. The van der Waals surface area contributed by atoms with E-state index in [0.29, 0.717) is 24.8 Å². The molecule has 1 aromatic rings. The summed E-state index contributed by atoms with van der Waals surface area (Å²) in [6.45, 7) is 3.42. The van der Waals surface area contributed by atoms with Crippen molar-refractivity contribution in [1.29, 1.82) is 0 Å². The van der Waals surface area contributed by atoms with Crippen LogP contribution in [-0.4, -0.2) is 57.9 Å². The highest BCUT2D eigenvalue weighted by Gasteiger charge is 2.29. The van der Waals surface area contributed by atoms with E-state index >= 15 is 0 Å². The molecule has 0 radical (unpaired) electrons. The van der Waals surface area contributed by atoms with E-state index < -0.39 is 0 Å². The number of hydrogen-bond acceptors (Lipinski definition) is 5. The summed E-state index contributed by atoms with van der Waals surface area (Å²) in [5.41, 5.74) is 0.968. The molecule has 0 aromatic heterocycles. The normalized spacial score (nSPS) is 24.5. The molecule has 1 aromatic carbocycles. The van der Waals surface area contributed by atoms with Gasteiger partial charge in [-0.3, -0.25) is 4.79 Å². The number of ether oxygens (including phenoxy) is 2. The van der Waals surface area contributed by atoms with Gasteiger partial charge in [-0.2, -0.15) is 0 Å². The third kappa shape index (κ3) is 3.88. The SMILES string of the molecule is COc1ccc(Cl)cc1N1CCC(NC(=O)C2COCCN2)C1. The molecule has 7 heteroatoms. The van der Waals surface area contributed by atoms with Crippen molar-refractivity contribution in [2.45, 2.75) is 18.5 Å². The number of nitrogens with zero attached hydrogens (tertiary/aromatic N) is 1. The Kier molecular flexibility index (Phi) is 5.25. The van der Waals surface area contributed by atoms with Gasteiger partial charge in [0.25, 0.3) is 0 Å². The first-order valence-corrected chi connectivity index (χ1v) is 8.25. The van der Waals surface area contributed by atoms with Crippen LogP contribution in [0, 0.1) is 0 Å². The van der Waals surface area contributed by atoms with Crippen LogP contribution >= 0.6 is 11.6 Å². The van der Waals surface area contributed by atoms with Gasteiger partial charge in [-0.1, -0.05) is 11.6 Å². The first-order chi connectivity index (χ1) is 11.2. The molecule has 1 amide bonds. The molecular weight excluding hydrogens is 318 g/mol. The molecule has 0 bridgehead atoms. The highest BCUT2D eigenvalue weighted by molar-refractivity contribution is 6.30. The Bertz CT molecular complexity index is 564. The maximum atomic E-state index is 12.3. The Labute approximate surface area is 141 Å². The van der Waals surface area contributed by atoms with E-state index in [9.17, 15) is 4.79 Å². The molecule has 0 spiro atoms. The topological polar surface area (TPSA) is 62.8 Å². The lowest BCUT2D eigenvalue weighted by Gasteiger charge is -2.25. The molecule has 0 aliphatic carbocycles. The smallest absolute Gasteiger partial charge is 0.239 e. The minimum absolute atomic E-state index is 0.00890. The molecule has 126 valence electrons. The third-order valence-electron chi connectivity index (χ3n) is 4.25. The second-order valence-electron chi connectivity index (χ2n) is 5.84. The number of morpholine rings is 1. The van der Waals surface area contributed by atoms with Crippen LogP contribution in [0.2, 0.25) is 5.02 Å². The summed E-state index contributed by atoms with van der Waals surface area (Å²) in [7, 11) is 1.65. The van der Waals surface area contributed by atoms with Crippen molar-refractivity contribution in [3.05, 3.63) is 23.2 Å². The number of nitrogens with one attached hydrogen (secondary N) is 2. The maximum absolute atomic E-state index is 12.3. The maximum Gasteiger partial charge on any atom is 0.239 e. The van der Waals surface area contributed by atoms with Crippen LogP contribution < -0.4 is 20.3 Å². The van der Waals surface area contributed by atoms with E-state index in [0.717, 1.165) is 30.9 Å². The van der Waals surface area contributed by atoms with Crippen molar-refractivity contribution in [1.82, 2.24) is 10.6 Å². The third-order valence-corrected chi connectivity index (χ3v) is 4.49. The van der Waals surface area contributed by atoms with Crippen molar-refractivity contribution in [3.63, 3.8) is 0 Å². The molecule has 2 heterocycles. The molecule has 2 fully saturated rings. The second kappa shape index (κ2) is 7.38. The molecule has 6 nitrogen and oxygen atoms in total. The Morgan fingerprint density at radius 1 is 1.52 bits per heavy atom. The predicted octanol–water partition coefficient (Wildman–Crippen LogP) is 1.03. The standard InChI is InChI=1S/C16H22ClN3O3/c1-22-15-3-2-11(17)8-14(15)20-6-4-12(9-20)19-16(21)13-10-23-7-5-18-13/h2-3,8,12-13,18H,4-7,9-10H2,1H3,(H,19,21). The number of halogens is 1. The van der Waals surface area contributed by atoms with Crippen molar-refractivity contribution in [3.8, 4) is 5.75 Å². The largest absolute Gasteiger partial charge is 0.495 e. The zero-order chi connectivity index (χ0) is 16.2. The summed E-state index contributed by atoms with van der Waals surface area (Å²) < 4.78 is 10.7. The zero-order valence-corrected chi connectivity index (χ0v) is 13.9. The molecule has 2 unspecified atom stereocenters. The van der Waals surface area contributed by atoms with Gasteiger partial charge >= 0.3 is 0 Å². The fourth-order valence-electron chi connectivity index (χ4n) is 3.04. The van der Waals surface area contributed by atoms with E-state index in [4.69, 9.17) is 21.1 Å². The average molecular weight is 340 g/mol. The van der Waals surface area contributed by atoms with Crippen molar-refractivity contribution in [2.75, 3.05) is 44.9 Å². The minimum Gasteiger partial charge on any atom is -0.495 e. The van der Waals surface area contributed by atoms with Crippen molar-refractivity contribution < 1.29 is 14.3 Å². The summed E-state index contributed by atoms with van der Waals surface area (Å²) in [5.74, 6) is 0.804. The molecule has 2 N–H and O–H groups in total. The van der Waals surface area contributed by atoms with Crippen LogP contribution in [0.15, 0.2) is 18.2 Å².